The fourth-order valence-corrected chi connectivity index (χ4v) is 20.9. The van der Waals surface area contributed by atoms with Gasteiger partial charge in [0, 0.05) is 144 Å². The predicted molar refractivity (Wildman–Crippen MR) is 441 cm³/mol. The van der Waals surface area contributed by atoms with Crippen LogP contribution >= 0.6 is 0 Å². The summed E-state index contributed by atoms with van der Waals surface area (Å²) in [5.41, 5.74) is -5.60. The van der Waals surface area contributed by atoms with Crippen LogP contribution in [0.4, 0.5) is 0 Å². The van der Waals surface area contributed by atoms with Gasteiger partial charge in [0.05, 0.1) is 12.8 Å². The third kappa shape index (κ3) is 25.3. The van der Waals surface area contributed by atoms with E-state index in [0.717, 1.165) is 0 Å². The molecule has 0 bridgehead atoms. The molecule has 0 aromatic heterocycles. The summed E-state index contributed by atoms with van der Waals surface area (Å²) in [4.78, 5) is 89.9. The van der Waals surface area contributed by atoms with Crippen molar-refractivity contribution in [2.75, 3.05) is 0 Å². The molecule has 6 saturated heterocycles. The summed E-state index contributed by atoms with van der Waals surface area (Å²) in [6.45, 7) is 69.8. The van der Waals surface area contributed by atoms with Gasteiger partial charge < -0.3 is 70.5 Å². The smallest absolute Gasteiger partial charge is 0.324 e. The van der Waals surface area contributed by atoms with Crippen LogP contribution in [0.5, 0.6) is 11.5 Å². The van der Waals surface area contributed by atoms with Gasteiger partial charge in [-0.25, -0.2) is 0 Å². The third-order valence-corrected chi connectivity index (χ3v) is 23.0. The van der Waals surface area contributed by atoms with E-state index in [9.17, 15) is 19.8 Å². The average Bonchev–Trinajstić information content (AvgIpc) is 0.756. The number of esters is 6. The minimum absolute atomic E-state index is 0.163. The number of carbonyl (C=O) groups excluding carboxylic acids is 6. The van der Waals surface area contributed by atoms with E-state index in [1.807, 2.05) is 80.5 Å². The molecule has 6 heterocycles. The number of piperidine rings is 6. The summed E-state index contributed by atoms with van der Waals surface area (Å²) in [6, 6.07) is 7.37. The maximum Gasteiger partial charge on any atom is 0.324 e. The molecule has 6 aliphatic rings. The van der Waals surface area contributed by atoms with E-state index < -0.39 is 112 Å². The first-order chi connectivity index (χ1) is 49.6. The molecule has 6 aliphatic heterocycles. The average molecular weight is 1550 g/mol. The lowest BCUT2D eigenvalue weighted by Crippen LogP contribution is -2.61. The van der Waals surface area contributed by atoms with E-state index in [4.69, 9.17) is 28.4 Å². The van der Waals surface area contributed by atoms with Crippen LogP contribution in [0.2, 0.25) is 0 Å². The zero-order valence-corrected chi connectivity index (χ0v) is 75.4. The van der Waals surface area contributed by atoms with Gasteiger partial charge >= 0.3 is 35.8 Å². The van der Waals surface area contributed by atoms with Gasteiger partial charge in [-0.1, -0.05) is 86.6 Å². The second-order valence-electron chi connectivity index (χ2n) is 46.1. The number of hydrogen-bond donors (Lipinski definition) is 8. The van der Waals surface area contributed by atoms with Crippen molar-refractivity contribution >= 4 is 35.8 Å². The van der Waals surface area contributed by atoms with Crippen LogP contribution in [-0.4, -0.2) is 149 Å². The van der Waals surface area contributed by atoms with Crippen molar-refractivity contribution in [1.82, 2.24) is 31.9 Å². The maximum absolute atomic E-state index is 15.3. The zero-order chi connectivity index (χ0) is 84.7. The number of phenolic OH excluding ortho intramolecular Hbond substituents is 2. The van der Waals surface area contributed by atoms with Gasteiger partial charge in [0.1, 0.15) is 48.1 Å². The first-order valence-corrected chi connectivity index (χ1v) is 41.3. The Hall–Kier alpha value is -5.38. The number of nitrogens with one attached hydrogen (secondary N) is 6. The van der Waals surface area contributed by atoms with Gasteiger partial charge in [0.15, 0.2) is 10.8 Å². The van der Waals surface area contributed by atoms with Crippen LogP contribution in [0.3, 0.4) is 0 Å². The Labute approximate surface area is 669 Å². The minimum Gasteiger partial charge on any atom is -0.507 e. The summed E-state index contributed by atoms with van der Waals surface area (Å²) in [5, 5.41) is 44.7. The number of ether oxygens (including phenoxy) is 6. The Morgan fingerprint density at radius 1 is 0.306 bits per heavy atom. The topological polar surface area (TPSA) is 270 Å². The van der Waals surface area contributed by atoms with Crippen molar-refractivity contribution < 1.29 is 67.4 Å². The van der Waals surface area contributed by atoms with Crippen molar-refractivity contribution in [3.63, 3.8) is 0 Å². The number of hydrogen-bond acceptors (Lipinski definition) is 20. The molecule has 8 rings (SSSR count). The molecule has 6 fully saturated rings. The molecule has 0 radical (unpaired) electrons. The molecule has 0 saturated carbocycles. The fourth-order valence-electron chi connectivity index (χ4n) is 20.9. The predicted octanol–water partition coefficient (Wildman–Crippen LogP) is 15.9. The summed E-state index contributed by atoms with van der Waals surface area (Å²) < 4.78 is 38.4. The van der Waals surface area contributed by atoms with Gasteiger partial charge in [-0.05, 0) is 236 Å². The van der Waals surface area contributed by atoms with Crippen LogP contribution in [0.25, 0.3) is 0 Å². The molecule has 0 atom stereocenters. The number of aryl methyl sites for hydroxylation is 1. The van der Waals surface area contributed by atoms with Crippen molar-refractivity contribution in [2.45, 2.75) is 457 Å². The Bertz CT molecular complexity index is 3500. The Kier molecular flexibility index (Phi) is 26.4. The van der Waals surface area contributed by atoms with Crippen LogP contribution in [-0.2, 0) is 86.3 Å². The molecule has 630 valence electrons. The summed E-state index contributed by atoms with van der Waals surface area (Å²) in [5.74, 6) is -4.10. The lowest BCUT2D eigenvalue weighted by Gasteiger charge is -2.47. The van der Waals surface area contributed by atoms with Crippen LogP contribution in [0, 0.1) is 17.8 Å². The van der Waals surface area contributed by atoms with Crippen molar-refractivity contribution in [3.05, 3.63) is 57.6 Å². The minimum atomic E-state index is -2.09. The number of aromatic hydroxyl groups is 2. The Morgan fingerprint density at radius 2 is 0.477 bits per heavy atom. The van der Waals surface area contributed by atoms with E-state index in [0.29, 0.717) is 110 Å². The molecule has 8 N–H and O–H groups in total. The fraction of sp³-hybridized carbons (Fsp3) is 0.802. The largest absolute Gasteiger partial charge is 0.507 e. The molecule has 0 spiro atoms. The van der Waals surface area contributed by atoms with Gasteiger partial charge in [-0.3, -0.25) is 28.8 Å². The van der Waals surface area contributed by atoms with Gasteiger partial charge in [0.2, 0.25) is 0 Å². The quantitative estimate of drug-likeness (QED) is 0.0391. The third-order valence-electron chi connectivity index (χ3n) is 23.0. The highest BCUT2D eigenvalue weighted by Gasteiger charge is 2.58. The summed E-state index contributed by atoms with van der Waals surface area (Å²) in [7, 11) is 0. The lowest BCUT2D eigenvalue weighted by atomic mass is 9.73. The van der Waals surface area contributed by atoms with Crippen molar-refractivity contribution in [3.8, 4) is 11.5 Å². The number of carbonyl (C=O) groups is 6. The van der Waals surface area contributed by atoms with Crippen LogP contribution < -0.4 is 31.9 Å². The summed E-state index contributed by atoms with van der Waals surface area (Å²) >= 11 is 0. The second-order valence-corrected chi connectivity index (χ2v) is 46.1. The monoisotopic (exact) mass is 1550 g/mol. The van der Waals surface area contributed by atoms with E-state index in [1.165, 1.54) is 0 Å². The van der Waals surface area contributed by atoms with Crippen LogP contribution in [0.1, 0.15) is 352 Å². The van der Waals surface area contributed by atoms with E-state index in [2.05, 4.69) is 198 Å². The van der Waals surface area contributed by atoms with Gasteiger partial charge in [-0.2, -0.15) is 0 Å². The normalized spacial score (nSPS) is 23.8. The molecule has 0 amide bonds. The molecule has 111 heavy (non-hydrogen) atoms. The SMILES string of the molecule is CC1(C)CC(OC(=O)CC(Cc2cc(C(C)(C)C)c(O)c(C(C)(C)C)c2)(C(=O)OC2CC(C)(C)NC(C)(C)C2)C(=O)OC2CC(C)(C)NC(C)(C)C2)CC(C)(C)N1.Cc1cc(CC(CC(=O)OC2CC(C)(C)NC(C)(C)C2)(C(=O)OC2CC(C)(C)NC(C)(C)C2)C(=O)OC2CC(C)(C)NC(C)(C)C2)cc(C(C)(C)C)c1O. The Balaban J connectivity index is 0.000000309. The molecule has 2 aromatic carbocycles. The molecule has 20 nitrogen and oxygen atoms in total. The number of benzene rings is 2. The highest BCUT2D eigenvalue weighted by Crippen LogP contribution is 2.47. The first kappa shape index (κ1) is 92.8. The molecule has 0 unspecified atom stereocenters. The zero-order valence-electron chi connectivity index (χ0n) is 75.4. The number of rotatable bonds is 18. The van der Waals surface area contributed by atoms with Crippen molar-refractivity contribution in [1.29, 1.82) is 0 Å². The molecule has 2 aromatic rings. The van der Waals surface area contributed by atoms with E-state index in [-0.39, 0.29) is 90.8 Å². The highest BCUT2D eigenvalue weighted by atomic mass is 16.6. The maximum atomic E-state index is 15.3. The van der Waals surface area contributed by atoms with Gasteiger partial charge in [-0.15, -0.1) is 0 Å². The van der Waals surface area contributed by atoms with Crippen LogP contribution in [0.15, 0.2) is 24.3 Å². The lowest BCUT2D eigenvalue weighted by molar-refractivity contribution is -0.189. The van der Waals surface area contributed by atoms with Gasteiger partial charge in [0.25, 0.3) is 0 Å². The molecule has 20 heteroatoms. The second kappa shape index (κ2) is 31.6. The number of phenols is 2. The van der Waals surface area contributed by atoms with E-state index >= 15 is 19.2 Å². The molecule has 0 aliphatic carbocycles. The molecular formula is C91H152N6O14. The van der Waals surface area contributed by atoms with E-state index in [1.54, 1.807) is 13.0 Å². The first-order valence-electron chi connectivity index (χ1n) is 41.3. The highest BCUT2D eigenvalue weighted by molar-refractivity contribution is 6.04. The summed E-state index contributed by atoms with van der Waals surface area (Å²) in [6.07, 6.45) is 2.14. The standard InChI is InChI=1S/C47H79N3O7.C44H73N3O7/c1-39(2,3)33-19-29(20-34(36(33)52)40(4,5)6)21-47(37(53)56-31-24-43(11,12)49-44(13,14)25-31,38(54)57-32-26-45(15,16)50-46(17,18)27-32)28-35(51)55-30-22-41(7,8)48-42(9,10)23-30;1-27-17-28(18-32(34(27)49)37(2,3)4)19-44(35(50)53-30-22-40(9,10)46-41(11,12)23-30,36(51)54-31-24-42(13,14)47-43(15,16)25-31)26-33(48)52-29-20-38(5,6)45-39(7,8)21-29/h19-20,30-32,48-50,52H,21-28H2,1-18H3;17-18,29-31,45-47,49H,19-26H2,1-16H3. The molecular weight excluding hydrogens is 1400 g/mol. The Morgan fingerprint density at radius 3 is 0.667 bits per heavy atom. The van der Waals surface area contributed by atoms with Crippen molar-refractivity contribution in [2.24, 2.45) is 10.8 Å².